The van der Waals surface area contributed by atoms with E-state index in [1.807, 2.05) is 23.5 Å². The zero-order valence-corrected chi connectivity index (χ0v) is 13.3. The summed E-state index contributed by atoms with van der Waals surface area (Å²) in [6.45, 7) is 0.638. The summed E-state index contributed by atoms with van der Waals surface area (Å²) in [7, 11) is 0. The van der Waals surface area contributed by atoms with E-state index < -0.39 is 0 Å². The highest BCUT2D eigenvalue weighted by Gasteiger charge is 2.18. The number of anilines is 1. The van der Waals surface area contributed by atoms with E-state index in [0.717, 1.165) is 11.5 Å². The number of hydrogen-bond acceptors (Lipinski definition) is 4. The van der Waals surface area contributed by atoms with Gasteiger partial charge in [-0.3, -0.25) is 4.79 Å². The average Bonchev–Trinajstić information content (AvgIpc) is 2.41. The highest BCUT2D eigenvalue weighted by Crippen LogP contribution is 2.29. The third kappa shape index (κ3) is 4.12. The van der Waals surface area contributed by atoms with E-state index in [1.165, 1.54) is 11.8 Å². The molecule has 3 N–H and O–H groups in total. The van der Waals surface area contributed by atoms with Gasteiger partial charge in [0.05, 0.1) is 15.6 Å². The van der Waals surface area contributed by atoms with Gasteiger partial charge in [0.1, 0.15) is 0 Å². The molecule has 0 aliphatic carbocycles. The van der Waals surface area contributed by atoms with Crippen molar-refractivity contribution in [2.45, 2.75) is 5.25 Å². The number of carbonyl (C=O) groups is 1. The molecule has 1 aliphatic rings. The first-order chi connectivity index (χ1) is 9.08. The lowest BCUT2D eigenvalue weighted by atomic mass is 10.2. The molecule has 3 nitrogen and oxygen atoms in total. The third-order valence-corrected chi connectivity index (χ3v) is 6.32. The Bertz CT molecular complexity index is 479. The summed E-state index contributed by atoms with van der Waals surface area (Å²) in [5, 5.41) is 3.90. The number of nitrogen functional groups attached to an aromatic ring is 1. The van der Waals surface area contributed by atoms with E-state index in [-0.39, 0.29) is 10.9 Å². The van der Waals surface area contributed by atoms with Gasteiger partial charge < -0.3 is 11.1 Å². The van der Waals surface area contributed by atoms with Crippen molar-refractivity contribution < 1.29 is 4.79 Å². The Morgan fingerprint density at radius 3 is 2.89 bits per heavy atom. The lowest BCUT2D eigenvalue weighted by Gasteiger charge is -2.21. The Hall–Kier alpha value is -0.230. The Morgan fingerprint density at radius 1 is 1.42 bits per heavy atom. The Balaban J connectivity index is 1.99. The van der Waals surface area contributed by atoms with Crippen LogP contribution < -0.4 is 11.1 Å². The number of hydrogen-bond donors (Lipinski definition) is 2. The summed E-state index contributed by atoms with van der Waals surface area (Å²) in [6, 6.07) is 3.08. The second-order valence-electron chi connectivity index (χ2n) is 4.14. The summed E-state index contributed by atoms with van der Waals surface area (Å²) in [4.78, 5) is 12.1. The number of halogens is 2. The molecular weight excluding hydrogens is 323 g/mol. The molecule has 0 aromatic heterocycles. The van der Waals surface area contributed by atoms with E-state index >= 15 is 0 Å². The van der Waals surface area contributed by atoms with Gasteiger partial charge >= 0.3 is 0 Å². The van der Waals surface area contributed by atoms with Gasteiger partial charge in [-0.05, 0) is 12.1 Å². The normalized spacial score (nSPS) is 19.2. The number of thioether (sulfide) groups is 2. The molecule has 0 saturated carbocycles. The molecule has 1 heterocycles. The van der Waals surface area contributed by atoms with Gasteiger partial charge in [0.2, 0.25) is 0 Å². The van der Waals surface area contributed by atoms with Gasteiger partial charge in [-0.15, -0.1) is 0 Å². The molecule has 0 radical (unpaired) electrons. The van der Waals surface area contributed by atoms with Crippen LogP contribution in [0.1, 0.15) is 10.4 Å². The quantitative estimate of drug-likeness (QED) is 0.832. The second kappa shape index (κ2) is 6.97. The fourth-order valence-electron chi connectivity index (χ4n) is 1.73. The number of nitrogens with one attached hydrogen (secondary N) is 1. The average molecular weight is 337 g/mol. The Labute approximate surface area is 131 Å². The molecule has 1 saturated heterocycles. The summed E-state index contributed by atoms with van der Waals surface area (Å²) in [5.41, 5.74) is 6.44. The molecule has 1 amide bonds. The maximum absolute atomic E-state index is 12.1. The lowest BCUT2D eigenvalue weighted by Crippen LogP contribution is -2.33. The first kappa shape index (κ1) is 15.2. The number of carbonyl (C=O) groups excluding carboxylic acids is 1. The fourth-order valence-corrected chi connectivity index (χ4v) is 4.77. The topological polar surface area (TPSA) is 55.1 Å². The van der Waals surface area contributed by atoms with Gasteiger partial charge in [-0.1, -0.05) is 23.2 Å². The minimum absolute atomic E-state index is 0.227. The SMILES string of the molecule is Nc1cc(Cl)c(Cl)c(C(=O)NCC2CSCCS2)c1. The van der Waals surface area contributed by atoms with Crippen LogP contribution in [0.4, 0.5) is 5.69 Å². The summed E-state index contributed by atoms with van der Waals surface area (Å²) in [5.74, 6) is 3.16. The largest absolute Gasteiger partial charge is 0.399 e. The van der Waals surface area contributed by atoms with Crippen LogP contribution in [0.2, 0.25) is 10.0 Å². The van der Waals surface area contributed by atoms with Crippen molar-refractivity contribution in [2.75, 3.05) is 29.5 Å². The first-order valence-electron chi connectivity index (χ1n) is 5.80. The number of nitrogens with two attached hydrogens (primary N) is 1. The summed E-state index contributed by atoms with van der Waals surface area (Å²) < 4.78 is 0. The molecule has 0 spiro atoms. The fraction of sp³-hybridized carbons (Fsp3) is 0.417. The summed E-state index contributed by atoms with van der Waals surface area (Å²) >= 11 is 15.7. The van der Waals surface area contributed by atoms with E-state index in [9.17, 15) is 4.79 Å². The monoisotopic (exact) mass is 336 g/mol. The minimum atomic E-state index is -0.227. The van der Waals surface area contributed by atoms with Crippen molar-refractivity contribution in [1.82, 2.24) is 5.32 Å². The van der Waals surface area contributed by atoms with Crippen LogP contribution in [0, 0.1) is 0 Å². The van der Waals surface area contributed by atoms with E-state index in [0.29, 0.717) is 28.1 Å². The Morgan fingerprint density at radius 2 is 2.21 bits per heavy atom. The third-order valence-electron chi connectivity index (χ3n) is 2.67. The van der Waals surface area contributed by atoms with Crippen LogP contribution in [0.25, 0.3) is 0 Å². The molecule has 2 rings (SSSR count). The highest BCUT2D eigenvalue weighted by atomic mass is 35.5. The maximum atomic E-state index is 12.1. The van der Waals surface area contributed by atoms with Crippen molar-refractivity contribution in [3.63, 3.8) is 0 Å². The predicted octanol–water partition coefficient (Wildman–Crippen LogP) is 3.15. The van der Waals surface area contributed by atoms with Crippen molar-refractivity contribution in [1.29, 1.82) is 0 Å². The standard InChI is InChI=1S/C12H14Cl2N2OS2/c13-10-4-7(15)3-9(11(10)14)12(17)16-5-8-6-18-1-2-19-8/h3-4,8H,1-2,5-6,15H2,(H,16,17). The molecule has 1 atom stereocenters. The lowest BCUT2D eigenvalue weighted by molar-refractivity contribution is 0.0954. The molecule has 0 bridgehead atoms. The van der Waals surface area contributed by atoms with Gasteiger partial charge in [0.25, 0.3) is 5.91 Å². The molecule has 104 valence electrons. The molecule has 1 aromatic rings. The van der Waals surface area contributed by atoms with E-state index in [4.69, 9.17) is 28.9 Å². The first-order valence-corrected chi connectivity index (χ1v) is 8.76. The van der Waals surface area contributed by atoms with E-state index in [2.05, 4.69) is 5.32 Å². The van der Waals surface area contributed by atoms with Crippen LogP contribution >= 0.6 is 46.7 Å². The molecular formula is C12H14Cl2N2OS2. The zero-order chi connectivity index (χ0) is 13.8. The van der Waals surface area contributed by atoms with Gasteiger partial charge in [-0.25, -0.2) is 0 Å². The smallest absolute Gasteiger partial charge is 0.252 e. The maximum Gasteiger partial charge on any atom is 0.252 e. The number of amides is 1. The molecule has 7 heteroatoms. The highest BCUT2D eigenvalue weighted by molar-refractivity contribution is 8.06. The second-order valence-corrected chi connectivity index (χ2v) is 7.49. The Kier molecular flexibility index (Phi) is 5.57. The van der Waals surface area contributed by atoms with Crippen LogP contribution in [0.5, 0.6) is 0 Å². The van der Waals surface area contributed by atoms with Gasteiger partial charge in [0.15, 0.2) is 0 Å². The molecule has 1 aromatic carbocycles. The predicted molar refractivity (Wildman–Crippen MR) is 86.8 cm³/mol. The summed E-state index contributed by atoms with van der Waals surface area (Å²) in [6.07, 6.45) is 0. The van der Waals surface area contributed by atoms with Crippen molar-refractivity contribution >= 4 is 58.3 Å². The van der Waals surface area contributed by atoms with Crippen molar-refractivity contribution in [3.05, 3.63) is 27.7 Å². The van der Waals surface area contributed by atoms with Crippen molar-refractivity contribution in [3.8, 4) is 0 Å². The van der Waals surface area contributed by atoms with Crippen molar-refractivity contribution in [2.24, 2.45) is 0 Å². The molecule has 1 aliphatic heterocycles. The zero-order valence-electron chi connectivity index (χ0n) is 10.1. The molecule has 1 fully saturated rings. The van der Waals surface area contributed by atoms with E-state index in [1.54, 1.807) is 6.07 Å². The minimum Gasteiger partial charge on any atom is -0.399 e. The van der Waals surface area contributed by atoms with Crippen LogP contribution in [0.15, 0.2) is 12.1 Å². The van der Waals surface area contributed by atoms with Gasteiger partial charge in [-0.2, -0.15) is 23.5 Å². The van der Waals surface area contributed by atoms with Crippen LogP contribution in [-0.2, 0) is 0 Å². The molecule has 1 unspecified atom stereocenters. The number of rotatable bonds is 3. The number of benzene rings is 1. The van der Waals surface area contributed by atoms with Gasteiger partial charge in [0, 0.05) is 34.7 Å². The van der Waals surface area contributed by atoms with Crippen LogP contribution in [-0.4, -0.2) is 35.0 Å². The molecule has 19 heavy (non-hydrogen) atoms. The van der Waals surface area contributed by atoms with Crippen LogP contribution in [0.3, 0.4) is 0 Å².